The van der Waals surface area contributed by atoms with Gasteiger partial charge in [0.05, 0.1) is 15.9 Å². The molecule has 0 aliphatic carbocycles. The van der Waals surface area contributed by atoms with E-state index in [1.807, 2.05) is 24.3 Å². The Morgan fingerprint density at radius 3 is 2.83 bits per heavy atom. The normalized spacial score (nSPS) is 11.2. The van der Waals surface area contributed by atoms with E-state index in [0.29, 0.717) is 6.54 Å². The van der Waals surface area contributed by atoms with Crippen molar-refractivity contribution < 1.29 is 4.79 Å². The SMILES string of the molecule is CC(=O)NCc1ccc2c(c1)sc1nc(-c3ccccc3)cn12. The summed E-state index contributed by atoms with van der Waals surface area (Å²) in [7, 11) is 0. The molecule has 2 aromatic carbocycles. The molecule has 4 nitrogen and oxygen atoms in total. The van der Waals surface area contributed by atoms with E-state index in [1.54, 1.807) is 11.3 Å². The Labute approximate surface area is 137 Å². The van der Waals surface area contributed by atoms with Gasteiger partial charge in [0.1, 0.15) is 0 Å². The van der Waals surface area contributed by atoms with Crippen LogP contribution in [0.25, 0.3) is 26.4 Å². The zero-order chi connectivity index (χ0) is 15.8. The molecule has 0 atom stereocenters. The van der Waals surface area contributed by atoms with Crippen LogP contribution in [-0.4, -0.2) is 15.3 Å². The van der Waals surface area contributed by atoms with Crippen molar-refractivity contribution in [1.82, 2.24) is 14.7 Å². The second-order valence-corrected chi connectivity index (χ2v) is 6.47. The number of benzene rings is 2. The third-order valence-corrected chi connectivity index (χ3v) is 4.79. The van der Waals surface area contributed by atoms with Crippen LogP contribution in [0.4, 0.5) is 0 Å². The van der Waals surface area contributed by atoms with E-state index in [-0.39, 0.29) is 5.91 Å². The number of imidazole rings is 1. The molecule has 0 radical (unpaired) electrons. The van der Waals surface area contributed by atoms with Gasteiger partial charge in [0, 0.05) is 25.2 Å². The Hall–Kier alpha value is -2.66. The molecule has 1 amide bonds. The quantitative estimate of drug-likeness (QED) is 0.623. The van der Waals surface area contributed by atoms with Gasteiger partial charge in [0.25, 0.3) is 0 Å². The summed E-state index contributed by atoms with van der Waals surface area (Å²) in [5.74, 6) is -0.0152. The lowest BCUT2D eigenvalue weighted by Crippen LogP contribution is -2.18. The van der Waals surface area contributed by atoms with Gasteiger partial charge in [0.2, 0.25) is 5.91 Å². The third-order valence-electron chi connectivity index (χ3n) is 3.77. The van der Waals surface area contributed by atoms with Crippen LogP contribution in [-0.2, 0) is 11.3 Å². The van der Waals surface area contributed by atoms with Gasteiger partial charge in [-0.2, -0.15) is 0 Å². The second kappa shape index (κ2) is 5.52. The maximum absolute atomic E-state index is 11.0. The minimum atomic E-state index is -0.0152. The van der Waals surface area contributed by atoms with Gasteiger partial charge in [0.15, 0.2) is 4.96 Å². The van der Waals surface area contributed by atoms with Crippen molar-refractivity contribution in [3.63, 3.8) is 0 Å². The number of nitrogens with zero attached hydrogens (tertiary/aromatic N) is 2. The number of fused-ring (bicyclic) bond motifs is 3. The molecule has 23 heavy (non-hydrogen) atoms. The zero-order valence-electron chi connectivity index (χ0n) is 12.6. The Morgan fingerprint density at radius 1 is 1.22 bits per heavy atom. The van der Waals surface area contributed by atoms with Crippen molar-refractivity contribution in [3.05, 3.63) is 60.3 Å². The number of aromatic nitrogens is 2. The van der Waals surface area contributed by atoms with Crippen molar-refractivity contribution >= 4 is 32.4 Å². The lowest BCUT2D eigenvalue weighted by molar-refractivity contribution is -0.119. The van der Waals surface area contributed by atoms with Crippen molar-refractivity contribution in [1.29, 1.82) is 0 Å². The van der Waals surface area contributed by atoms with Gasteiger partial charge in [-0.25, -0.2) is 4.98 Å². The summed E-state index contributed by atoms with van der Waals surface area (Å²) in [6, 6.07) is 16.4. The van der Waals surface area contributed by atoms with E-state index in [4.69, 9.17) is 4.98 Å². The fourth-order valence-corrected chi connectivity index (χ4v) is 3.70. The molecular weight excluding hydrogens is 306 g/mol. The van der Waals surface area contributed by atoms with Gasteiger partial charge < -0.3 is 5.32 Å². The minimum Gasteiger partial charge on any atom is -0.352 e. The summed E-state index contributed by atoms with van der Waals surface area (Å²) in [5, 5.41) is 2.83. The van der Waals surface area contributed by atoms with E-state index >= 15 is 0 Å². The van der Waals surface area contributed by atoms with Gasteiger partial charge in [-0.15, -0.1) is 0 Å². The number of hydrogen-bond acceptors (Lipinski definition) is 3. The Balaban J connectivity index is 1.75. The molecule has 0 saturated heterocycles. The van der Waals surface area contributed by atoms with Crippen LogP contribution < -0.4 is 5.32 Å². The smallest absolute Gasteiger partial charge is 0.217 e. The second-order valence-electron chi connectivity index (χ2n) is 5.46. The Morgan fingerprint density at radius 2 is 2.04 bits per heavy atom. The maximum atomic E-state index is 11.0. The molecule has 0 saturated carbocycles. The summed E-state index contributed by atoms with van der Waals surface area (Å²) < 4.78 is 3.31. The molecule has 1 N–H and O–H groups in total. The molecule has 0 unspecified atom stereocenters. The molecule has 0 spiro atoms. The average Bonchev–Trinajstić information content (AvgIpc) is 3.11. The first kappa shape index (κ1) is 14.0. The monoisotopic (exact) mass is 321 g/mol. The van der Waals surface area contributed by atoms with Crippen LogP contribution in [0, 0.1) is 0 Å². The fourth-order valence-electron chi connectivity index (χ4n) is 2.63. The van der Waals surface area contributed by atoms with Crippen LogP contribution in [0.3, 0.4) is 0 Å². The summed E-state index contributed by atoms with van der Waals surface area (Å²) in [6.45, 7) is 2.09. The average molecular weight is 321 g/mol. The topological polar surface area (TPSA) is 46.4 Å². The van der Waals surface area contributed by atoms with E-state index in [0.717, 1.165) is 27.3 Å². The van der Waals surface area contributed by atoms with E-state index in [2.05, 4.69) is 40.2 Å². The molecule has 0 aliphatic heterocycles. The van der Waals surface area contributed by atoms with E-state index < -0.39 is 0 Å². The number of thiazole rings is 1. The summed E-state index contributed by atoms with van der Waals surface area (Å²) in [5.41, 5.74) is 4.35. The number of carbonyl (C=O) groups is 1. The lowest BCUT2D eigenvalue weighted by Gasteiger charge is -2.02. The van der Waals surface area contributed by atoms with Gasteiger partial charge in [-0.1, -0.05) is 47.7 Å². The zero-order valence-corrected chi connectivity index (χ0v) is 13.4. The number of amides is 1. The highest BCUT2D eigenvalue weighted by atomic mass is 32.1. The molecule has 114 valence electrons. The third kappa shape index (κ3) is 2.59. The predicted molar refractivity (Wildman–Crippen MR) is 93.5 cm³/mol. The first-order valence-electron chi connectivity index (χ1n) is 7.41. The molecule has 2 aromatic heterocycles. The molecule has 5 heteroatoms. The van der Waals surface area contributed by atoms with E-state index in [9.17, 15) is 4.79 Å². The van der Waals surface area contributed by atoms with Crippen LogP contribution in [0.5, 0.6) is 0 Å². The highest BCUT2D eigenvalue weighted by Gasteiger charge is 2.10. The highest BCUT2D eigenvalue weighted by molar-refractivity contribution is 7.23. The molecule has 4 rings (SSSR count). The summed E-state index contributed by atoms with van der Waals surface area (Å²) in [4.78, 5) is 16.7. The number of hydrogen-bond donors (Lipinski definition) is 1. The highest BCUT2D eigenvalue weighted by Crippen LogP contribution is 2.30. The molecular formula is C18H15N3OS. The maximum Gasteiger partial charge on any atom is 0.217 e. The molecule has 0 fully saturated rings. The minimum absolute atomic E-state index is 0.0152. The molecule has 4 aromatic rings. The Bertz CT molecular complexity index is 1000. The van der Waals surface area contributed by atoms with Crippen LogP contribution >= 0.6 is 11.3 Å². The van der Waals surface area contributed by atoms with Crippen LogP contribution in [0.2, 0.25) is 0 Å². The number of carbonyl (C=O) groups excluding carboxylic acids is 1. The molecule has 2 heterocycles. The predicted octanol–water partition coefficient (Wildman–Crippen LogP) is 3.85. The summed E-state index contributed by atoms with van der Waals surface area (Å²) >= 11 is 1.66. The first-order chi connectivity index (χ1) is 11.2. The van der Waals surface area contributed by atoms with Crippen molar-refractivity contribution in [2.75, 3.05) is 0 Å². The van der Waals surface area contributed by atoms with Gasteiger partial charge in [-0.05, 0) is 17.7 Å². The standard InChI is InChI=1S/C18H15N3OS/c1-12(22)19-10-13-7-8-16-17(9-13)23-18-20-15(11-21(16)18)14-5-3-2-4-6-14/h2-9,11H,10H2,1H3,(H,19,22). The fraction of sp³-hybridized carbons (Fsp3) is 0.111. The molecule has 0 aliphatic rings. The largest absolute Gasteiger partial charge is 0.352 e. The van der Waals surface area contributed by atoms with Gasteiger partial charge in [-0.3, -0.25) is 9.20 Å². The van der Waals surface area contributed by atoms with Crippen molar-refractivity contribution in [3.8, 4) is 11.3 Å². The van der Waals surface area contributed by atoms with Gasteiger partial charge >= 0.3 is 0 Å². The summed E-state index contributed by atoms with van der Waals surface area (Å²) in [6.07, 6.45) is 2.08. The Kier molecular flexibility index (Phi) is 3.35. The number of rotatable bonds is 3. The molecule has 0 bridgehead atoms. The van der Waals surface area contributed by atoms with Crippen LogP contribution in [0.15, 0.2) is 54.7 Å². The van der Waals surface area contributed by atoms with Crippen molar-refractivity contribution in [2.45, 2.75) is 13.5 Å². The lowest BCUT2D eigenvalue weighted by atomic mass is 10.2. The first-order valence-corrected chi connectivity index (χ1v) is 8.23. The van der Waals surface area contributed by atoms with Crippen molar-refractivity contribution in [2.24, 2.45) is 0 Å². The number of nitrogens with one attached hydrogen (secondary N) is 1. The van der Waals surface area contributed by atoms with E-state index in [1.165, 1.54) is 11.6 Å². The van der Waals surface area contributed by atoms with Crippen LogP contribution in [0.1, 0.15) is 12.5 Å².